The summed E-state index contributed by atoms with van der Waals surface area (Å²) in [7, 11) is 3.04. The first-order chi connectivity index (χ1) is 17.5. The molecule has 0 saturated carbocycles. The average Bonchev–Trinajstić information content (AvgIpc) is 3.57. The maximum absolute atomic E-state index is 14.5. The number of hydrogen-bond acceptors (Lipinski definition) is 6. The molecule has 1 aliphatic heterocycles. The Balaban J connectivity index is 1.57. The Bertz CT molecular complexity index is 1230. The second kappa shape index (κ2) is 11.8. The summed E-state index contributed by atoms with van der Waals surface area (Å²) in [5.74, 6) is -0.278. The van der Waals surface area contributed by atoms with Gasteiger partial charge in [0.25, 0.3) is 5.91 Å². The molecule has 1 unspecified atom stereocenters. The van der Waals surface area contributed by atoms with Gasteiger partial charge in [-0.05, 0) is 29.6 Å². The van der Waals surface area contributed by atoms with Gasteiger partial charge in [0.2, 0.25) is 0 Å². The Hall–Kier alpha value is -3.76. The average molecular weight is 511 g/mol. The number of urea groups is 1. The summed E-state index contributed by atoms with van der Waals surface area (Å²) in [6.07, 6.45) is 0.374. The third-order valence-corrected chi connectivity index (χ3v) is 6.72. The maximum atomic E-state index is 14.5. The number of methoxy groups -OCH3 is 2. The molecule has 36 heavy (non-hydrogen) atoms. The van der Waals surface area contributed by atoms with E-state index in [1.807, 2.05) is 17.5 Å². The third-order valence-electron chi connectivity index (χ3n) is 5.75. The molecule has 1 aliphatic rings. The number of hydrogen-bond donors (Lipinski definition) is 1. The predicted octanol–water partition coefficient (Wildman–Crippen LogP) is 4.75. The first-order valence-corrected chi connectivity index (χ1v) is 12.3. The normalized spacial score (nSPS) is 14.9. The van der Waals surface area contributed by atoms with Gasteiger partial charge >= 0.3 is 6.03 Å². The van der Waals surface area contributed by atoms with Crippen molar-refractivity contribution in [3.05, 3.63) is 82.3 Å². The number of ether oxygens (including phenoxy) is 2. The molecule has 1 N–H and O–H groups in total. The molecule has 188 valence electrons. The van der Waals surface area contributed by atoms with Crippen LogP contribution in [0.4, 0.5) is 14.9 Å². The number of carbonyl (C=O) groups excluding carboxylic acids is 2. The summed E-state index contributed by atoms with van der Waals surface area (Å²) >= 11 is 1.50. The number of thiophene rings is 1. The van der Waals surface area contributed by atoms with E-state index in [1.165, 1.54) is 41.5 Å². The van der Waals surface area contributed by atoms with Crippen molar-refractivity contribution in [2.45, 2.75) is 12.5 Å². The predicted molar refractivity (Wildman–Crippen MR) is 137 cm³/mol. The molecule has 2 heterocycles. The minimum Gasteiger partial charge on any atom is -0.495 e. The number of anilines is 1. The number of halogens is 1. The zero-order valence-corrected chi connectivity index (χ0v) is 20.8. The third kappa shape index (κ3) is 5.72. The first-order valence-electron chi connectivity index (χ1n) is 11.4. The van der Waals surface area contributed by atoms with Gasteiger partial charge in [0.1, 0.15) is 18.1 Å². The van der Waals surface area contributed by atoms with Crippen molar-refractivity contribution in [3.8, 4) is 5.75 Å². The summed E-state index contributed by atoms with van der Waals surface area (Å²) in [4.78, 5) is 28.9. The fourth-order valence-electron chi connectivity index (χ4n) is 3.93. The second-order valence-electron chi connectivity index (χ2n) is 8.04. The van der Waals surface area contributed by atoms with Gasteiger partial charge in [0.05, 0.1) is 31.2 Å². The van der Waals surface area contributed by atoms with Crippen LogP contribution in [-0.2, 0) is 9.53 Å². The van der Waals surface area contributed by atoms with E-state index in [2.05, 4.69) is 10.4 Å². The number of benzene rings is 2. The molecule has 0 aliphatic carbocycles. The van der Waals surface area contributed by atoms with Crippen molar-refractivity contribution in [1.29, 1.82) is 0 Å². The molecule has 0 saturated heterocycles. The van der Waals surface area contributed by atoms with Crippen molar-refractivity contribution in [2.24, 2.45) is 5.10 Å². The van der Waals surface area contributed by atoms with E-state index in [1.54, 1.807) is 42.5 Å². The van der Waals surface area contributed by atoms with E-state index in [0.717, 1.165) is 4.88 Å². The van der Waals surface area contributed by atoms with Crippen LogP contribution in [0.1, 0.15) is 22.9 Å². The summed E-state index contributed by atoms with van der Waals surface area (Å²) in [5.41, 5.74) is 1.33. The maximum Gasteiger partial charge on any atom is 0.322 e. The quantitative estimate of drug-likeness (QED) is 0.450. The van der Waals surface area contributed by atoms with Crippen LogP contribution in [0.2, 0.25) is 0 Å². The summed E-state index contributed by atoms with van der Waals surface area (Å²) in [6, 6.07) is 16.4. The van der Waals surface area contributed by atoms with Gasteiger partial charge in [-0.15, -0.1) is 11.3 Å². The SMILES string of the molecule is COCCN(CC(=O)N1N=C(c2ccccc2F)CC1c1cccs1)C(=O)Nc1ccccc1OC. The Morgan fingerprint density at radius 1 is 1.14 bits per heavy atom. The number of rotatable bonds is 9. The number of amides is 3. The minimum absolute atomic E-state index is 0.185. The van der Waals surface area contributed by atoms with Gasteiger partial charge in [-0.25, -0.2) is 14.2 Å². The van der Waals surface area contributed by atoms with Gasteiger partial charge in [-0.3, -0.25) is 4.79 Å². The van der Waals surface area contributed by atoms with Crippen LogP contribution in [0.3, 0.4) is 0 Å². The lowest BCUT2D eigenvalue weighted by atomic mass is 10.0. The van der Waals surface area contributed by atoms with Gasteiger partial charge in [-0.2, -0.15) is 5.10 Å². The molecule has 1 aromatic heterocycles. The van der Waals surface area contributed by atoms with E-state index < -0.39 is 11.8 Å². The summed E-state index contributed by atoms with van der Waals surface area (Å²) in [5, 5.41) is 10.6. The fraction of sp³-hybridized carbons (Fsp3) is 0.269. The summed E-state index contributed by atoms with van der Waals surface area (Å²) in [6.45, 7) is 0.190. The van der Waals surface area contributed by atoms with Crippen molar-refractivity contribution in [1.82, 2.24) is 9.91 Å². The second-order valence-corrected chi connectivity index (χ2v) is 9.02. The molecule has 3 aromatic rings. The zero-order valence-electron chi connectivity index (χ0n) is 20.0. The monoisotopic (exact) mass is 510 g/mol. The molecule has 4 rings (SSSR count). The van der Waals surface area contributed by atoms with E-state index in [4.69, 9.17) is 9.47 Å². The van der Waals surface area contributed by atoms with Gasteiger partial charge in [-0.1, -0.05) is 36.4 Å². The van der Waals surface area contributed by atoms with Crippen molar-refractivity contribution < 1.29 is 23.5 Å². The lowest BCUT2D eigenvalue weighted by Gasteiger charge is -2.26. The molecular formula is C26H27FN4O4S. The Labute approximate surface area is 212 Å². The Morgan fingerprint density at radius 3 is 2.64 bits per heavy atom. The lowest BCUT2D eigenvalue weighted by molar-refractivity contribution is -0.133. The van der Waals surface area contributed by atoms with Crippen molar-refractivity contribution in [2.75, 3.05) is 39.2 Å². The molecule has 10 heteroatoms. The molecule has 8 nitrogen and oxygen atoms in total. The zero-order chi connectivity index (χ0) is 25.5. The van der Waals surface area contributed by atoms with E-state index in [-0.39, 0.29) is 31.6 Å². The number of nitrogens with zero attached hydrogens (tertiary/aromatic N) is 3. The Kier molecular flexibility index (Phi) is 8.29. The van der Waals surface area contributed by atoms with Crippen LogP contribution in [0, 0.1) is 5.82 Å². The van der Waals surface area contributed by atoms with Gasteiger partial charge in [0.15, 0.2) is 0 Å². The van der Waals surface area contributed by atoms with Crippen LogP contribution in [0.5, 0.6) is 5.75 Å². The lowest BCUT2D eigenvalue weighted by Crippen LogP contribution is -2.44. The van der Waals surface area contributed by atoms with E-state index >= 15 is 0 Å². The summed E-state index contributed by atoms with van der Waals surface area (Å²) < 4.78 is 25.0. The molecule has 0 fully saturated rings. The number of carbonyl (C=O) groups is 2. The van der Waals surface area contributed by atoms with Gasteiger partial charge < -0.3 is 19.7 Å². The largest absolute Gasteiger partial charge is 0.495 e. The van der Waals surface area contributed by atoms with E-state index in [0.29, 0.717) is 29.1 Å². The molecule has 0 spiro atoms. The molecular weight excluding hydrogens is 483 g/mol. The highest BCUT2D eigenvalue weighted by atomic mass is 32.1. The fourth-order valence-corrected chi connectivity index (χ4v) is 4.74. The van der Waals surface area contributed by atoms with E-state index in [9.17, 15) is 14.0 Å². The van der Waals surface area contributed by atoms with Gasteiger partial charge in [0, 0.05) is 30.5 Å². The number of hydrazone groups is 1. The number of para-hydroxylation sites is 2. The Morgan fingerprint density at radius 2 is 1.92 bits per heavy atom. The van der Waals surface area contributed by atoms with Crippen LogP contribution >= 0.6 is 11.3 Å². The highest BCUT2D eigenvalue weighted by Crippen LogP contribution is 2.35. The molecule has 2 aromatic carbocycles. The standard InChI is InChI=1S/C26H27FN4O4S/c1-34-14-13-30(26(33)28-20-10-5-6-11-23(20)35-2)17-25(32)31-22(24-12-7-15-36-24)16-21(29-31)18-8-3-4-9-19(18)27/h3-12,15,22H,13-14,16-17H2,1-2H3,(H,28,33). The molecule has 0 bridgehead atoms. The van der Waals surface area contributed by atoms with Crippen molar-refractivity contribution in [3.63, 3.8) is 0 Å². The van der Waals surface area contributed by atoms with Crippen LogP contribution in [-0.4, -0.2) is 61.5 Å². The smallest absolute Gasteiger partial charge is 0.322 e. The topological polar surface area (TPSA) is 83.5 Å². The highest BCUT2D eigenvalue weighted by Gasteiger charge is 2.35. The number of nitrogens with one attached hydrogen (secondary N) is 1. The van der Waals surface area contributed by atoms with Crippen LogP contribution in [0.15, 0.2) is 71.1 Å². The molecule has 1 atom stereocenters. The molecule has 3 amide bonds. The first kappa shape index (κ1) is 25.3. The molecule has 0 radical (unpaired) electrons. The highest BCUT2D eigenvalue weighted by molar-refractivity contribution is 7.10. The minimum atomic E-state index is -0.477. The van der Waals surface area contributed by atoms with Crippen LogP contribution in [0.25, 0.3) is 0 Å². The van der Waals surface area contributed by atoms with Crippen molar-refractivity contribution >= 4 is 34.7 Å². The van der Waals surface area contributed by atoms with Crippen LogP contribution < -0.4 is 10.1 Å².